The van der Waals surface area contributed by atoms with E-state index in [4.69, 9.17) is 9.94 Å². The van der Waals surface area contributed by atoms with E-state index in [2.05, 4.69) is 0 Å². The molecule has 1 atom stereocenters. The molecule has 1 rings (SSSR count). The minimum Gasteiger partial charge on any atom is -0.391 e. The maximum absolute atomic E-state index is 11.1. The summed E-state index contributed by atoms with van der Waals surface area (Å²) in [5.74, 6) is -0.0219. The molecule has 70 valence electrons. The second-order valence-corrected chi connectivity index (χ2v) is 2.93. The normalized spacial score (nSPS) is 24.2. The van der Waals surface area contributed by atoms with Crippen molar-refractivity contribution in [1.29, 1.82) is 0 Å². The molecule has 0 spiro atoms. The number of carbonyl (C=O) groups excluding carboxylic acids is 1. The molecule has 0 aromatic rings. The Morgan fingerprint density at radius 3 is 2.92 bits per heavy atom. The van der Waals surface area contributed by atoms with Crippen LogP contribution in [-0.2, 0) is 9.63 Å². The fourth-order valence-electron chi connectivity index (χ4n) is 1.19. The minimum absolute atomic E-state index is 0.0219. The van der Waals surface area contributed by atoms with E-state index in [0.717, 1.165) is 0 Å². The van der Waals surface area contributed by atoms with Gasteiger partial charge in [-0.1, -0.05) is 0 Å². The van der Waals surface area contributed by atoms with Gasteiger partial charge in [0.2, 0.25) is 5.91 Å². The molecule has 0 aliphatic carbocycles. The number of rotatable bonds is 3. The van der Waals surface area contributed by atoms with E-state index in [1.54, 1.807) is 11.9 Å². The molecular weight excluding hydrogens is 160 g/mol. The van der Waals surface area contributed by atoms with Crippen molar-refractivity contribution < 1.29 is 14.7 Å². The third-order valence-corrected chi connectivity index (χ3v) is 1.88. The van der Waals surface area contributed by atoms with Crippen molar-refractivity contribution in [1.82, 2.24) is 9.96 Å². The van der Waals surface area contributed by atoms with Crippen LogP contribution in [-0.4, -0.2) is 54.5 Å². The van der Waals surface area contributed by atoms with Gasteiger partial charge in [0.15, 0.2) is 0 Å². The molecule has 1 amide bonds. The van der Waals surface area contributed by atoms with Crippen LogP contribution in [0, 0.1) is 0 Å². The Balaban J connectivity index is 2.37. The number of carbonyl (C=O) groups is 1. The lowest BCUT2D eigenvalue weighted by atomic mass is 10.3. The quantitative estimate of drug-likeness (QED) is 0.559. The Hall–Kier alpha value is -0.650. The number of hydrogen-bond donors (Lipinski definition) is 1. The summed E-state index contributed by atoms with van der Waals surface area (Å²) in [7, 11) is 3.27. The molecular formula is C7H14N2O3. The molecule has 5 nitrogen and oxygen atoms in total. The van der Waals surface area contributed by atoms with Crippen LogP contribution in [0.1, 0.15) is 6.42 Å². The number of hydroxylamine groups is 2. The van der Waals surface area contributed by atoms with Crippen molar-refractivity contribution in [3.8, 4) is 0 Å². The van der Waals surface area contributed by atoms with Gasteiger partial charge in [0.1, 0.15) is 0 Å². The average Bonchev–Trinajstić information content (AvgIpc) is 2.30. The summed E-state index contributed by atoms with van der Waals surface area (Å²) in [4.78, 5) is 17.5. The fraction of sp³-hybridized carbons (Fsp3) is 0.857. The molecule has 1 aliphatic rings. The summed E-state index contributed by atoms with van der Waals surface area (Å²) in [6.45, 7) is 0.818. The van der Waals surface area contributed by atoms with Gasteiger partial charge < -0.3 is 14.8 Å². The summed E-state index contributed by atoms with van der Waals surface area (Å²) in [5, 5.41) is 10.7. The Kier molecular flexibility index (Phi) is 3.02. The molecule has 0 radical (unpaired) electrons. The number of amides is 1. The first-order chi connectivity index (χ1) is 5.63. The summed E-state index contributed by atoms with van der Waals surface area (Å²) in [6, 6.07) is 0. The van der Waals surface area contributed by atoms with Crippen LogP contribution in [0.3, 0.4) is 0 Å². The van der Waals surface area contributed by atoms with E-state index >= 15 is 0 Å². The fourth-order valence-corrected chi connectivity index (χ4v) is 1.19. The Morgan fingerprint density at radius 2 is 2.50 bits per heavy atom. The van der Waals surface area contributed by atoms with E-state index in [1.807, 2.05) is 0 Å². The highest BCUT2D eigenvalue weighted by Crippen LogP contribution is 2.10. The van der Waals surface area contributed by atoms with Crippen LogP contribution in [0.15, 0.2) is 0 Å². The van der Waals surface area contributed by atoms with Gasteiger partial charge in [-0.05, 0) is 0 Å². The van der Waals surface area contributed by atoms with Crippen molar-refractivity contribution in [3.63, 3.8) is 0 Å². The van der Waals surface area contributed by atoms with Gasteiger partial charge >= 0.3 is 0 Å². The summed E-state index contributed by atoms with van der Waals surface area (Å²) < 4.78 is 0. The third-order valence-electron chi connectivity index (χ3n) is 1.88. The maximum atomic E-state index is 11.1. The number of aliphatic hydroxyl groups is 1. The van der Waals surface area contributed by atoms with Crippen LogP contribution in [0.25, 0.3) is 0 Å². The topological polar surface area (TPSA) is 53.0 Å². The molecule has 1 fully saturated rings. The van der Waals surface area contributed by atoms with Gasteiger partial charge in [-0.15, -0.1) is 0 Å². The third kappa shape index (κ3) is 2.17. The number of likely N-dealkylation sites (tertiary alicyclic amines) is 1. The summed E-state index contributed by atoms with van der Waals surface area (Å²) >= 11 is 0. The Labute approximate surface area is 71.5 Å². The molecule has 0 bridgehead atoms. The van der Waals surface area contributed by atoms with Gasteiger partial charge in [-0.2, -0.15) is 5.06 Å². The van der Waals surface area contributed by atoms with Crippen molar-refractivity contribution in [2.45, 2.75) is 12.5 Å². The van der Waals surface area contributed by atoms with E-state index < -0.39 is 6.10 Å². The first-order valence-corrected chi connectivity index (χ1v) is 3.84. The predicted molar refractivity (Wildman–Crippen MR) is 42.0 cm³/mol. The van der Waals surface area contributed by atoms with Crippen molar-refractivity contribution >= 4 is 5.91 Å². The zero-order valence-electron chi connectivity index (χ0n) is 7.36. The molecule has 1 saturated heterocycles. The number of β-amino-alcohol motifs (C(OH)–C–C–N with tert-alkyl or cyclic N) is 1. The van der Waals surface area contributed by atoms with Crippen LogP contribution in [0.2, 0.25) is 0 Å². The largest absolute Gasteiger partial charge is 0.391 e. The number of hydrogen-bond acceptors (Lipinski definition) is 4. The zero-order valence-corrected chi connectivity index (χ0v) is 7.36. The van der Waals surface area contributed by atoms with Gasteiger partial charge in [0, 0.05) is 13.6 Å². The lowest BCUT2D eigenvalue weighted by Crippen LogP contribution is -2.36. The van der Waals surface area contributed by atoms with Crippen LogP contribution >= 0.6 is 0 Å². The average molecular weight is 174 g/mol. The van der Waals surface area contributed by atoms with Crippen LogP contribution < -0.4 is 0 Å². The number of nitrogens with zero attached hydrogens (tertiary/aromatic N) is 2. The first-order valence-electron chi connectivity index (χ1n) is 3.84. The lowest BCUT2D eigenvalue weighted by molar-refractivity contribution is -0.153. The van der Waals surface area contributed by atoms with Crippen LogP contribution in [0.4, 0.5) is 0 Å². The van der Waals surface area contributed by atoms with Crippen molar-refractivity contribution in [2.75, 3.05) is 27.4 Å². The molecule has 0 aromatic carbocycles. The summed E-state index contributed by atoms with van der Waals surface area (Å²) in [6.07, 6.45) is -0.278. The molecule has 0 saturated carbocycles. The van der Waals surface area contributed by atoms with Crippen LogP contribution in [0.5, 0.6) is 0 Å². The predicted octanol–water partition coefficient (Wildman–Crippen LogP) is -0.970. The highest BCUT2D eigenvalue weighted by Gasteiger charge is 2.28. The summed E-state index contributed by atoms with van der Waals surface area (Å²) in [5.41, 5.74) is 0. The van der Waals surface area contributed by atoms with Gasteiger partial charge in [0.05, 0.1) is 26.3 Å². The number of aliphatic hydroxyl groups excluding tert-OH is 1. The Bertz CT molecular complexity index is 174. The molecule has 1 aliphatic heterocycles. The molecule has 1 N–H and O–H groups in total. The van der Waals surface area contributed by atoms with Gasteiger partial charge in [0.25, 0.3) is 0 Å². The highest BCUT2D eigenvalue weighted by atomic mass is 16.7. The Morgan fingerprint density at radius 1 is 1.83 bits per heavy atom. The minimum atomic E-state index is -0.511. The smallest absolute Gasteiger partial charge is 0.226 e. The monoisotopic (exact) mass is 174 g/mol. The standard InChI is InChI=1S/C7H14N2O3/c1-8(12-2)5-9-4-6(10)3-7(9)11/h6,10H,3-5H2,1-2H3. The van der Waals surface area contributed by atoms with E-state index in [9.17, 15) is 4.79 Å². The van der Waals surface area contributed by atoms with Gasteiger partial charge in [-0.25, -0.2) is 0 Å². The lowest BCUT2D eigenvalue weighted by Gasteiger charge is -2.21. The molecule has 12 heavy (non-hydrogen) atoms. The van der Waals surface area contributed by atoms with Crippen molar-refractivity contribution in [3.05, 3.63) is 0 Å². The van der Waals surface area contributed by atoms with Crippen molar-refractivity contribution in [2.24, 2.45) is 0 Å². The molecule has 5 heteroatoms. The SMILES string of the molecule is CON(C)CN1CC(O)CC1=O. The second kappa shape index (κ2) is 3.84. The molecule has 1 unspecified atom stereocenters. The first kappa shape index (κ1) is 9.44. The molecule has 0 aromatic heterocycles. The maximum Gasteiger partial charge on any atom is 0.226 e. The van der Waals surface area contributed by atoms with E-state index in [-0.39, 0.29) is 12.3 Å². The molecule has 1 heterocycles. The second-order valence-electron chi connectivity index (χ2n) is 2.93. The van der Waals surface area contributed by atoms with E-state index in [1.165, 1.54) is 12.2 Å². The zero-order chi connectivity index (χ0) is 9.14. The highest BCUT2D eigenvalue weighted by molar-refractivity contribution is 5.78. The van der Waals surface area contributed by atoms with Gasteiger partial charge in [-0.3, -0.25) is 4.79 Å². The van der Waals surface area contributed by atoms with E-state index in [0.29, 0.717) is 13.2 Å².